The normalized spacial score (nSPS) is 27.1. The van der Waals surface area contributed by atoms with E-state index < -0.39 is 0 Å². The maximum atomic E-state index is 4.26. The molecule has 0 aromatic rings. The first-order valence-corrected chi connectivity index (χ1v) is 6.86. The van der Waals surface area contributed by atoms with E-state index in [2.05, 4.69) is 60.6 Å². The SMILES string of the molecule is C=C=C=C1CC2(C#CC#CC)CCCC2C(=C)C1=C=C. The molecule has 2 saturated carbocycles. The van der Waals surface area contributed by atoms with E-state index in [1.54, 1.807) is 0 Å². The molecule has 0 saturated heterocycles. The van der Waals surface area contributed by atoms with Crippen LogP contribution in [-0.4, -0.2) is 0 Å². The lowest BCUT2D eigenvalue weighted by Gasteiger charge is -2.38. The molecular weight excluding hydrogens is 240 g/mol. The second-order valence-corrected chi connectivity index (χ2v) is 5.26. The van der Waals surface area contributed by atoms with Crippen LogP contribution < -0.4 is 0 Å². The minimum atomic E-state index is -0.0551. The first-order valence-electron chi connectivity index (χ1n) is 6.86. The van der Waals surface area contributed by atoms with Gasteiger partial charge in [0.1, 0.15) is 0 Å². The zero-order chi connectivity index (χ0) is 14.6. The van der Waals surface area contributed by atoms with E-state index in [0.29, 0.717) is 5.92 Å². The molecule has 2 atom stereocenters. The van der Waals surface area contributed by atoms with Gasteiger partial charge in [0, 0.05) is 22.5 Å². The van der Waals surface area contributed by atoms with Crippen molar-refractivity contribution in [3.05, 3.63) is 53.6 Å². The summed E-state index contributed by atoms with van der Waals surface area (Å²) >= 11 is 0. The third-order valence-corrected chi connectivity index (χ3v) is 4.23. The third kappa shape index (κ3) is 2.26. The van der Waals surface area contributed by atoms with Crippen molar-refractivity contribution >= 4 is 0 Å². The first kappa shape index (κ1) is 14.1. The predicted molar refractivity (Wildman–Crippen MR) is 83.6 cm³/mol. The van der Waals surface area contributed by atoms with E-state index >= 15 is 0 Å². The lowest BCUT2D eigenvalue weighted by Crippen LogP contribution is -2.31. The molecule has 0 radical (unpaired) electrons. The second-order valence-electron chi connectivity index (χ2n) is 5.26. The lowest BCUT2D eigenvalue weighted by molar-refractivity contribution is 0.315. The zero-order valence-corrected chi connectivity index (χ0v) is 12.0. The van der Waals surface area contributed by atoms with Crippen molar-refractivity contribution in [2.75, 3.05) is 0 Å². The van der Waals surface area contributed by atoms with Gasteiger partial charge in [-0.05, 0) is 50.2 Å². The van der Waals surface area contributed by atoms with Crippen molar-refractivity contribution in [1.29, 1.82) is 0 Å². The Morgan fingerprint density at radius 2 is 2.05 bits per heavy atom. The fourth-order valence-electron chi connectivity index (χ4n) is 3.41. The number of fused-ring (bicyclic) bond motifs is 1. The molecule has 20 heavy (non-hydrogen) atoms. The van der Waals surface area contributed by atoms with E-state index in [1.807, 2.05) is 6.92 Å². The van der Waals surface area contributed by atoms with E-state index in [9.17, 15) is 0 Å². The molecule has 0 nitrogen and oxygen atoms in total. The van der Waals surface area contributed by atoms with Crippen molar-refractivity contribution in [1.82, 2.24) is 0 Å². The molecule has 0 aliphatic heterocycles. The Labute approximate surface area is 122 Å². The highest BCUT2D eigenvalue weighted by Gasteiger charge is 2.48. The molecule has 0 bridgehead atoms. The largest absolute Gasteiger partial charge is 0.120 e. The van der Waals surface area contributed by atoms with E-state index in [0.717, 1.165) is 36.0 Å². The average molecular weight is 258 g/mol. The first-order chi connectivity index (χ1) is 9.68. The van der Waals surface area contributed by atoms with Crippen molar-refractivity contribution in [3.63, 3.8) is 0 Å². The molecule has 0 aromatic heterocycles. The molecule has 2 aliphatic rings. The van der Waals surface area contributed by atoms with Crippen LogP contribution in [0, 0.1) is 35.0 Å². The highest BCUT2D eigenvalue weighted by Crippen LogP contribution is 2.56. The Morgan fingerprint density at radius 1 is 1.25 bits per heavy atom. The maximum absolute atomic E-state index is 4.26. The number of rotatable bonds is 0. The quantitative estimate of drug-likeness (QED) is 0.448. The van der Waals surface area contributed by atoms with Gasteiger partial charge in [-0.15, -0.1) is 5.73 Å². The molecule has 2 fully saturated rings. The summed E-state index contributed by atoms with van der Waals surface area (Å²) in [6, 6.07) is 0. The smallest absolute Gasteiger partial charge is 0.0440 e. The Balaban J connectivity index is 2.58. The molecule has 0 spiro atoms. The van der Waals surface area contributed by atoms with E-state index in [-0.39, 0.29) is 5.41 Å². The highest BCUT2D eigenvalue weighted by atomic mass is 14.5. The summed E-state index contributed by atoms with van der Waals surface area (Å²) in [6.45, 7) is 13.5. The van der Waals surface area contributed by atoms with Crippen molar-refractivity contribution in [2.45, 2.75) is 32.6 Å². The van der Waals surface area contributed by atoms with Crippen LogP contribution in [0.5, 0.6) is 0 Å². The van der Waals surface area contributed by atoms with Gasteiger partial charge in [-0.3, -0.25) is 0 Å². The maximum Gasteiger partial charge on any atom is 0.0440 e. The van der Waals surface area contributed by atoms with Gasteiger partial charge in [-0.2, -0.15) is 0 Å². The average Bonchev–Trinajstić information content (AvgIpc) is 2.84. The Kier molecular flexibility index (Phi) is 4.06. The number of hydrogen-bond donors (Lipinski definition) is 0. The summed E-state index contributed by atoms with van der Waals surface area (Å²) in [6.07, 6.45) is 4.23. The molecule has 2 unspecified atom stereocenters. The van der Waals surface area contributed by atoms with Crippen molar-refractivity contribution in [3.8, 4) is 23.7 Å². The van der Waals surface area contributed by atoms with Crippen LogP contribution >= 0.6 is 0 Å². The summed E-state index contributed by atoms with van der Waals surface area (Å²) in [5, 5.41) is 0. The summed E-state index contributed by atoms with van der Waals surface area (Å²) in [7, 11) is 0. The molecule has 0 amide bonds. The standard InChI is InChI=1S/C20H18/c1-5-8-9-13-20-14-10-12-19(20)16(4)18(7-3)17(15-20)11-6-2/h19H,2-4,10,12,14-15H2,1H3. The molecule has 2 aliphatic carbocycles. The van der Waals surface area contributed by atoms with Gasteiger partial charge in [-0.25, -0.2) is 0 Å². The van der Waals surface area contributed by atoms with Crippen molar-refractivity contribution in [2.24, 2.45) is 11.3 Å². The Morgan fingerprint density at radius 3 is 2.70 bits per heavy atom. The zero-order valence-electron chi connectivity index (χ0n) is 12.0. The lowest BCUT2D eigenvalue weighted by atomic mass is 9.63. The fourth-order valence-corrected chi connectivity index (χ4v) is 3.41. The summed E-state index contributed by atoms with van der Waals surface area (Å²) in [5.41, 5.74) is 11.9. The molecule has 98 valence electrons. The molecule has 0 heterocycles. The number of hydrogen-bond acceptors (Lipinski definition) is 0. The number of allylic oxidation sites excluding steroid dienone is 3. The van der Waals surface area contributed by atoms with E-state index in [4.69, 9.17) is 0 Å². The molecule has 0 N–H and O–H groups in total. The summed E-state index contributed by atoms with van der Waals surface area (Å²) < 4.78 is 0. The Bertz CT molecular complexity index is 703. The van der Waals surface area contributed by atoms with Crippen LogP contribution in [0.3, 0.4) is 0 Å². The van der Waals surface area contributed by atoms with Crippen LogP contribution in [0.15, 0.2) is 53.6 Å². The minimum Gasteiger partial charge on any atom is -0.120 e. The van der Waals surface area contributed by atoms with Crippen LogP contribution in [0.25, 0.3) is 0 Å². The Hall–Kier alpha value is -2.32. The molecular formula is C20H18. The topological polar surface area (TPSA) is 0 Å². The van der Waals surface area contributed by atoms with Crippen LogP contribution in [0.2, 0.25) is 0 Å². The monoisotopic (exact) mass is 258 g/mol. The van der Waals surface area contributed by atoms with Gasteiger partial charge in [0.2, 0.25) is 0 Å². The van der Waals surface area contributed by atoms with Crippen LogP contribution in [0.4, 0.5) is 0 Å². The second kappa shape index (κ2) is 5.76. The molecule has 2 rings (SSSR count). The van der Waals surface area contributed by atoms with Gasteiger partial charge >= 0.3 is 0 Å². The van der Waals surface area contributed by atoms with Crippen LogP contribution in [-0.2, 0) is 0 Å². The van der Waals surface area contributed by atoms with Gasteiger partial charge in [0.05, 0.1) is 0 Å². The summed E-state index contributed by atoms with van der Waals surface area (Å²) in [5.74, 6) is 12.5. The predicted octanol–water partition coefficient (Wildman–Crippen LogP) is 4.34. The van der Waals surface area contributed by atoms with Gasteiger partial charge < -0.3 is 0 Å². The van der Waals surface area contributed by atoms with Gasteiger partial charge in [0.15, 0.2) is 0 Å². The molecule has 0 heteroatoms. The van der Waals surface area contributed by atoms with Gasteiger partial charge in [0.25, 0.3) is 0 Å². The van der Waals surface area contributed by atoms with Crippen molar-refractivity contribution < 1.29 is 0 Å². The van der Waals surface area contributed by atoms with Gasteiger partial charge in [-0.1, -0.05) is 42.9 Å². The molecule has 0 aromatic carbocycles. The summed E-state index contributed by atoms with van der Waals surface area (Å²) in [4.78, 5) is 0. The minimum absolute atomic E-state index is 0.0551. The van der Waals surface area contributed by atoms with Crippen LogP contribution in [0.1, 0.15) is 32.6 Å². The highest BCUT2D eigenvalue weighted by molar-refractivity contribution is 5.53. The van der Waals surface area contributed by atoms with E-state index in [1.165, 1.54) is 6.42 Å². The fraction of sp³-hybridized carbons (Fsp3) is 0.350. The third-order valence-electron chi connectivity index (χ3n) is 4.23.